The molecule has 0 fully saturated rings. The molecule has 0 aromatic carbocycles. The molecule has 7 nitrogen and oxygen atoms in total. The van der Waals surface area contributed by atoms with Crippen LogP contribution in [0.5, 0.6) is 5.88 Å². The zero-order valence-corrected chi connectivity index (χ0v) is 15.5. The lowest BCUT2D eigenvalue weighted by Crippen LogP contribution is -2.24. The Kier molecular flexibility index (Phi) is 5.46. The molecule has 1 aromatic heterocycles. The number of pyridine rings is 1. The summed E-state index contributed by atoms with van der Waals surface area (Å²) in [5.41, 5.74) is 2.16. The number of aliphatic imine (C=N–C) groups is 1. The van der Waals surface area contributed by atoms with Crippen LogP contribution in [0.3, 0.4) is 0 Å². The van der Waals surface area contributed by atoms with Crippen LogP contribution < -0.4 is 5.56 Å². The second-order valence-electron chi connectivity index (χ2n) is 5.85. The third-order valence-corrected chi connectivity index (χ3v) is 4.33. The molecule has 1 aliphatic heterocycles. The summed E-state index contributed by atoms with van der Waals surface area (Å²) in [6.45, 7) is 8.96. The topological polar surface area (TPSA) is 105 Å². The monoisotopic (exact) mass is 355 g/mol. The fraction of sp³-hybridized carbons (Fsp3) is 0.368. The number of hydrogen-bond acceptors (Lipinski definition) is 6. The number of ether oxygens (including phenoxy) is 1. The van der Waals surface area contributed by atoms with Crippen molar-refractivity contribution in [3.8, 4) is 11.9 Å². The van der Waals surface area contributed by atoms with Gasteiger partial charge in [0.15, 0.2) is 0 Å². The number of aromatic nitrogens is 1. The first-order valence-electron chi connectivity index (χ1n) is 8.30. The minimum absolute atomic E-state index is 0.0255. The summed E-state index contributed by atoms with van der Waals surface area (Å²) in [5.74, 6) is -0.682. The van der Waals surface area contributed by atoms with E-state index in [1.165, 1.54) is 0 Å². The van der Waals surface area contributed by atoms with Crippen LogP contribution in [-0.2, 0) is 16.1 Å². The Morgan fingerprint density at radius 1 is 1.35 bits per heavy atom. The summed E-state index contributed by atoms with van der Waals surface area (Å²) >= 11 is 0. The number of aromatic hydroxyl groups is 1. The summed E-state index contributed by atoms with van der Waals surface area (Å²) in [6.07, 6.45) is 1.59. The molecule has 0 saturated heterocycles. The molecule has 2 rings (SSSR count). The average molecular weight is 355 g/mol. The van der Waals surface area contributed by atoms with Crippen molar-refractivity contribution in [2.45, 2.75) is 41.2 Å². The summed E-state index contributed by atoms with van der Waals surface area (Å²) in [4.78, 5) is 28.8. The van der Waals surface area contributed by atoms with Gasteiger partial charge < -0.3 is 9.84 Å². The Hall–Kier alpha value is -3.14. The van der Waals surface area contributed by atoms with E-state index in [4.69, 9.17) is 4.74 Å². The number of rotatable bonds is 4. The highest BCUT2D eigenvalue weighted by Gasteiger charge is 2.26. The molecule has 26 heavy (non-hydrogen) atoms. The highest BCUT2D eigenvalue weighted by molar-refractivity contribution is 6.22. The second-order valence-corrected chi connectivity index (χ2v) is 5.85. The summed E-state index contributed by atoms with van der Waals surface area (Å²) < 4.78 is 6.19. The quantitative estimate of drug-likeness (QED) is 0.835. The van der Waals surface area contributed by atoms with Crippen LogP contribution in [0, 0.1) is 18.3 Å². The zero-order chi connectivity index (χ0) is 19.6. The number of carbonyl (C=O) groups is 1. The van der Waals surface area contributed by atoms with Crippen molar-refractivity contribution in [2.75, 3.05) is 6.61 Å². The van der Waals surface area contributed by atoms with E-state index in [1.807, 2.05) is 6.07 Å². The van der Waals surface area contributed by atoms with Gasteiger partial charge in [-0.15, -0.1) is 0 Å². The first-order chi connectivity index (χ1) is 12.3. The number of nitrogens with zero attached hydrogens (tertiary/aromatic N) is 3. The van der Waals surface area contributed by atoms with Gasteiger partial charge in [0.05, 0.1) is 23.6 Å². The van der Waals surface area contributed by atoms with E-state index < -0.39 is 11.5 Å². The van der Waals surface area contributed by atoms with E-state index in [9.17, 15) is 20.0 Å². The van der Waals surface area contributed by atoms with E-state index in [0.29, 0.717) is 33.7 Å². The number of nitriles is 1. The lowest BCUT2D eigenvalue weighted by molar-refractivity contribution is -0.137. The van der Waals surface area contributed by atoms with E-state index in [1.54, 1.807) is 40.7 Å². The van der Waals surface area contributed by atoms with Gasteiger partial charge in [-0.3, -0.25) is 14.4 Å². The van der Waals surface area contributed by atoms with Crippen LogP contribution >= 0.6 is 0 Å². The lowest BCUT2D eigenvalue weighted by atomic mass is 10.0. The smallest absolute Gasteiger partial charge is 0.340 e. The highest BCUT2D eigenvalue weighted by Crippen LogP contribution is 2.31. The van der Waals surface area contributed by atoms with Crippen molar-refractivity contribution in [2.24, 2.45) is 4.99 Å². The molecule has 0 bridgehead atoms. The first kappa shape index (κ1) is 19.2. The maximum atomic E-state index is 12.3. The first-order valence-corrected chi connectivity index (χ1v) is 8.30. The Labute approximate surface area is 151 Å². The SMILES string of the molecule is CCOC(=O)C1=C(C)/C(=C/c2c(C)c(C#N)c(=O)n(CC)c2O)N=C1C. The van der Waals surface area contributed by atoms with Crippen molar-refractivity contribution < 1.29 is 14.6 Å². The van der Waals surface area contributed by atoms with Gasteiger partial charge in [-0.25, -0.2) is 4.79 Å². The highest BCUT2D eigenvalue weighted by atomic mass is 16.5. The Bertz CT molecular complexity index is 972. The largest absolute Gasteiger partial charge is 0.494 e. The number of allylic oxidation sites excluding steroid dienone is 1. The molecule has 1 aromatic rings. The van der Waals surface area contributed by atoms with Crippen LogP contribution in [0.1, 0.15) is 44.4 Å². The van der Waals surface area contributed by atoms with E-state index in [2.05, 4.69) is 4.99 Å². The maximum Gasteiger partial charge on any atom is 0.340 e. The van der Waals surface area contributed by atoms with Gasteiger partial charge in [-0.2, -0.15) is 5.26 Å². The molecule has 136 valence electrons. The molecule has 0 amide bonds. The van der Waals surface area contributed by atoms with Crippen molar-refractivity contribution >= 4 is 17.8 Å². The maximum absolute atomic E-state index is 12.3. The van der Waals surface area contributed by atoms with Gasteiger partial charge in [-0.1, -0.05) is 0 Å². The summed E-state index contributed by atoms with van der Waals surface area (Å²) in [7, 11) is 0. The van der Waals surface area contributed by atoms with Crippen LogP contribution in [0.2, 0.25) is 0 Å². The van der Waals surface area contributed by atoms with Gasteiger partial charge in [0.25, 0.3) is 5.56 Å². The molecule has 7 heteroatoms. The van der Waals surface area contributed by atoms with E-state index in [-0.39, 0.29) is 24.6 Å². The van der Waals surface area contributed by atoms with Gasteiger partial charge in [0, 0.05) is 12.1 Å². The van der Waals surface area contributed by atoms with Crippen LogP contribution in [0.25, 0.3) is 6.08 Å². The fourth-order valence-electron chi connectivity index (χ4n) is 2.94. The number of esters is 1. The number of carbonyl (C=O) groups excluding carboxylic acids is 1. The van der Waals surface area contributed by atoms with Crippen molar-refractivity contribution in [1.29, 1.82) is 5.26 Å². The van der Waals surface area contributed by atoms with Crippen molar-refractivity contribution in [3.05, 3.63) is 43.9 Å². The molecule has 2 heterocycles. The van der Waals surface area contributed by atoms with E-state index >= 15 is 0 Å². The third kappa shape index (κ3) is 3.06. The second kappa shape index (κ2) is 7.40. The Morgan fingerprint density at radius 3 is 2.54 bits per heavy atom. The van der Waals surface area contributed by atoms with Gasteiger partial charge in [-0.05, 0) is 51.8 Å². The van der Waals surface area contributed by atoms with Crippen LogP contribution in [0.4, 0.5) is 0 Å². The summed E-state index contributed by atoms with van der Waals surface area (Å²) in [6, 6.07) is 1.90. The van der Waals surface area contributed by atoms with E-state index in [0.717, 1.165) is 4.57 Å². The lowest BCUT2D eigenvalue weighted by Gasteiger charge is -2.13. The molecule has 0 unspecified atom stereocenters. The van der Waals surface area contributed by atoms with Crippen molar-refractivity contribution in [3.63, 3.8) is 0 Å². The Balaban J connectivity index is 2.71. The molecule has 0 saturated carbocycles. The molecule has 1 N–H and O–H groups in total. The van der Waals surface area contributed by atoms with Gasteiger partial charge in [0.1, 0.15) is 11.6 Å². The predicted molar refractivity (Wildman–Crippen MR) is 97.9 cm³/mol. The van der Waals surface area contributed by atoms with Crippen molar-refractivity contribution in [1.82, 2.24) is 4.57 Å². The van der Waals surface area contributed by atoms with Crippen LogP contribution in [-0.4, -0.2) is 28.0 Å². The summed E-state index contributed by atoms with van der Waals surface area (Å²) in [5, 5.41) is 19.8. The van der Waals surface area contributed by atoms with Crippen LogP contribution in [0.15, 0.2) is 26.6 Å². The minimum atomic E-state index is -0.530. The fourth-order valence-corrected chi connectivity index (χ4v) is 2.94. The minimum Gasteiger partial charge on any atom is -0.494 e. The predicted octanol–water partition coefficient (Wildman–Crippen LogP) is 2.45. The molecular weight excluding hydrogens is 334 g/mol. The van der Waals surface area contributed by atoms with Gasteiger partial charge >= 0.3 is 5.97 Å². The average Bonchev–Trinajstić information content (AvgIpc) is 2.86. The molecule has 0 atom stereocenters. The molecule has 0 spiro atoms. The standard InChI is InChI=1S/C19H21N3O4/c1-6-22-17(23)13(10(3)14(9-20)18(22)24)8-15-11(4)16(12(5)21-15)19(25)26-7-2/h8,23H,6-7H2,1-5H3/b15-8-. The molecular formula is C19H21N3O4. The Morgan fingerprint density at radius 2 is 2.00 bits per heavy atom. The molecule has 0 aliphatic carbocycles. The van der Waals surface area contributed by atoms with Gasteiger partial charge in [0.2, 0.25) is 5.88 Å². The molecule has 0 radical (unpaired) electrons. The zero-order valence-electron chi connectivity index (χ0n) is 15.5. The number of hydrogen-bond donors (Lipinski definition) is 1. The third-order valence-electron chi connectivity index (χ3n) is 4.33. The molecule has 1 aliphatic rings. The normalized spacial score (nSPS) is 15.2.